The van der Waals surface area contributed by atoms with Gasteiger partial charge < -0.3 is 10.4 Å². The Kier molecular flexibility index (Phi) is 5.05. The van der Waals surface area contributed by atoms with Gasteiger partial charge in [0.2, 0.25) is 0 Å². The zero-order valence-corrected chi connectivity index (χ0v) is 15.7. The van der Waals surface area contributed by atoms with Crippen LogP contribution in [-0.4, -0.2) is 28.0 Å². The summed E-state index contributed by atoms with van der Waals surface area (Å²) in [5.41, 5.74) is 3.91. The first kappa shape index (κ1) is 18.5. The lowest BCUT2D eigenvalue weighted by Crippen LogP contribution is -1.98. The zero-order valence-electron chi connectivity index (χ0n) is 14.1. The molecular formula is C17H17N3O4S2. The van der Waals surface area contributed by atoms with E-state index >= 15 is 0 Å². The molecule has 0 aliphatic carbocycles. The van der Waals surface area contributed by atoms with Gasteiger partial charge in [0, 0.05) is 22.6 Å². The van der Waals surface area contributed by atoms with Crippen molar-refractivity contribution in [3.05, 3.63) is 52.7 Å². The van der Waals surface area contributed by atoms with E-state index in [1.165, 1.54) is 35.6 Å². The van der Waals surface area contributed by atoms with Crippen molar-refractivity contribution in [1.82, 2.24) is 9.97 Å². The van der Waals surface area contributed by atoms with E-state index in [2.05, 4.69) is 15.3 Å². The standard InChI is InChI=1S/C17H17N3O4S2/c1-10-7-12(8-11(2)18-10)16-15(9-21)25-17(20-16)19-13-3-5-14(6-4-13)26(22,23)24/h3-8,21H,9H2,1-2H3,(H,19,20)(H,22,23,24). The molecule has 0 radical (unpaired) electrons. The van der Waals surface area contributed by atoms with Crippen molar-refractivity contribution in [1.29, 1.82) is 0 Å². The molecule has 2 aromatic heterocycles. The van der Waals surface area contributed by atoms with Crippen LogP contribution in [0.15, 0.2) is 41.3 Å². The van der Waals surface area contributed by atoms with Gasteiger partial charge in [-0.3, -0.25) is 9.54 Å². The maximum Gasteiger partial charge on any atom is 0.294 e. The molecule has 0 amide bonds. The van der Waals surface area contributed by atoms with Crippen LogP contribution in [0.3, 0.4) is 0 Å². The lowest BCUT2D eigenvalue weighted by molar-refractivity contribution is 0.286. The van der Waals surface area contributed by atoms with E-state index in [9.17, 15) is 13.5 Å². The molecular weight excluding hydrogens is 374 g/mol. The summed E-state index contributed by atoms with van der Waals surface area (Å²) in [6.07, 6.45) is 0. The third kappa shape index (κ3) is 4.07. The Labute approximate surface area is 155 Å². The van der Waals surface area contributed by atoms with Gasteiger partial charge in [0.05, 0.1) is 22.1 Å². The number of aliphatic hydroxyl groups is 1. The second-order valence-corrected chi connectivity index (χ2v) is 8.22. The average molecular weight is 391 g/mol. The molecule has 3 rings (SSSR count). The van der Waals surface area contributed by atoms with Crippen LogP contribution in [0.25, 0.3) is 11.3 Å². The van der Waals surface area contributed by atoms with Gasteiger partial charge in [0.25, 0.3) is 10.1 Å². The smallest absolute Gasteiger partial charge is 0.294 e. The van der Waals surface area contributed by atoms with Gasteiger partial charge in [-0.1, -0.05) is 11.3 Å². The number of benzene rings is 1. The molecule has 0 unspecified atom stereocenters. The summed E-state index contributed by atoms with van der Waals surface area (Å²) < 4.78 is 31.2. The minimum atomic E-state index is -4.22. The average Bonchev–Trinajstić information content (AvgIpc) is 2.96. The van der Waals surface area contributed by atoms with Gasteiger partial charge in [0.1, 0.15) is 0 Å². The Bertz CT molecular complexity index is 1020. The number of nitrogens with zero attached hydrogens (tertiary/aromatic N) is 2. The number of thiazole rings is 1. The normalized spacial score (nSPS) is 11.5. The fourth-order valence-corrected chi connectivity index (χ4v) is 3.89. The molecule has 0 fully saturated rings. The summed E-state index contributed by atoms with van der Waals surface area (Å²) in [6.45, 7) is 3.66. The van der Waals surface area contributed by atoms with E-state index < -0.39 is 10.1 Å². The molecule has 7 nitrogen and oxygen atoms in total. The molecule has 0 saturated carbocycles. The van der Waals surface area contributed by atoms with E-state index in [4.69, 9.17) is 4.55 Å². The van der Waals surface area contributed by atoms with Crippen LogP contribution < -0.4 is 5.32 Å². The van der Waals surface area contributed by atoms with Crippen LogP contribution >= 0.6 is 11.3 Å². The topological polar surface area (TPSA) is 112 Å². The van der Waals surface area contributed by atoms with Gasteiger partial charge in [-0.2, -0.15) is 8.42 Å². The number of aromatic nitrogens is 2. The van der Waals surface area contributed by atoms with Crippen LogP contribution in [0.4, 0.5) is 10.8 Å². The number of nitrogens with one attached hydrogen (secondary N) is 1. The van der Waals surface area contributed by atoms with Crippen molar-refractivity contribution in [2.45, 2.75) is 25.3 Å². The maximum atomic E-state index is 11.1. The van der Waals surface area contributed by atoms with E-state index in [-0.39, 0.29) is 11.5 Å². The molecule has 0 atom stereocenters. The highest BCUT2D eigenvalue weighted by Gasteiger charge is 2.14. The van der Waals surface area contributed by atoms with Crippen molar-refractivity contribution in [3.8, 4) is 11.3 Å². The first-order valence-corrected chi connectivity index (χ1v) is 9.93. The molecule has 0 bridgehead atoms. The SMILES string of the molecule is Cc1cc(-c2nc(Nc3ccc(S(=O)(=O)O)cc3)sc2CO)cc(C)n1. The number of rotatable bonds is 5. The summed E-state index contributed by atoms with van der Waals surface area (Å²) in [4.78, 5) is 9.43. The molecule has 26 heavy (non-hydrogen) atoms. The second-order valence-electron chi connectivity index (χ2n) is 5.71. The van der Waals surface area contributed by atoms with E-state index in [1.54, 1.807) is 0 Å². The molecule has 3 N–H and O–H groups in total. The second kappa shape index (κ2) is 7.12. The predicted molar refractivity (Wildman–Crippen MR) is 100 cm³/mol. The Balaban J connectivity index is 1.91. The van der Waals surface area contributed by atoms with E-state index in [0.717, 1.165) is 17.0 Å². The highest BCUT2D eigenvalue weighted by atomic mass is 32.2. The van der Waals surface area contributed by atoms with Crippen LogP contribution in [0, 0.1) is 13.8 Å². The minimum absolute atomic E-state index is 0.142. The van der Waals surface area contributed by atoms with Gasteiger partial charge in [0.15, 0.2) is 5.13 Å². The van der Waals surface area contributed by atoms with Gasteiger partial charge in [-0.15, -0.1) is 0 Å². The number of pyridine rings is 1. The monoisotopic (exact) mass is 391 g/mol. The van der Waals surface area contributed by atoms with Gasteiger partial charge in [-0.25, -0.2) is 4.98 Å². The molecule has 136 valence electrons. The summed E-state index contributed by atoms with van der Waals surface area (Å²) in [5.74, 6) is 0. The van der Waals surface area contributed by atoms with E-state index in [0.29, 0.717) is 21.4 Å². The Hall–Kier alpha value is -2.33. The van der Waals surface area contributed by atoms with Crippen molar-refractivity contribution in [2.75, 3.05) is 5.32 Å². The maximum absolute atomic E-state index is 11.1. The van der Waals surface area contributed by atoms with Crippen molar-refractivity contribution in [2.24, 2.45) is 0 Å². The fraction of sp³-hybridized carbons (Fsp3) is 0.176. The third-order valence-corrected chi connectivity index (χ3v) is 5.42. The molecule has 1 aromatic carbocycles. The van der Waals surface area contributed by atoms with Gasteiger partial charge >= 0.3 is 0 Å². The molecule has 0 aliphatic heterocycles. The number of hydrogen-bond donors (Lipinski definition) is 3. The minimum Gasteiger partial charge on any atom is -0.391 e. The van der Waals surface area contributed by atoms with Crippen LogP contribution in [-0.2, 0) is 16.7 Å². The fourth-order valence-electron chi connectivity index (χ4n) is 2.54. The highest BCUT2D eigenvalue weighted by molar-refractivity contribution is 7.85. The first-order chi connectivity index (χ1) is 12.3. The molecule has 9 heteroatoms. The van der Waals surface area contributed by atoms with Crippen molar-refractivity contribution >= 4 is 32.3 Å². The third-order valence-electron chi connectivity index (χ3n) is 3.60. The first-order valence-electron chi connectivity index (χ1n) is 7.67. The van der Waals surface area contributed by atoms with Gasteiger partial charge in [-0.05, 0) is 50.2 Å². The van der Waals surface area contributed by atoms with Crippen molar-refractivity contribution in [3.63, 3.8) is 0 Å². The largest absolute Gasteiger partial charge is 0.391 e. The van der Waals surface area contributed by atoms with Crippen molar-refractivity contribution < 1.29 is 18.1 Å². The highest BCUT2D eigenvalue weighted by Crippen LogP contribution is 2.33. The molecule has 0 spiro atoms. The summed E-state index contributed by atoms with van der Waals surface area (Å²) in [6, 6.07) is 9.48. The Morgan fingerprint density at radius 2 is 1.69 bits per heavy atom. The van der Waals surface area contributed by atoms with Crippen LogP contribution in [0.1, 0.15) is 16.3 Å². The number of hydrogen-bond acceptors (Lipinski definition) is 7. The molecule has 0 saturated heterocycles. The summed E-state index contributed by atoms with van der Waals surface area (Å²) in [7, 11) is -4.22. The van der Waals surface area contributed by atoms with Crippen LogP contribution in [0.2, 0.25) is 0 Å². The molecule has 3 aromatic rings. The Morgan fingerprint density at radius 1 is 1.08 bits per heavy atom. The summed E-state index contributed by atoms with van der Waals surface area (Å²) in [5, 5.41) is 13.3. The van der Waals surface area contributed by atoms with Crippen LogP contribution in [0.5, 0.6) is 0 Å². The quantitative estimate of drug-likeness (QED) is 0.572. The Morgan fingerprint density at radius 3 is 2.23 bits per heavy atom. The number of anilines is 2. The summed E-state index contributed by atoms with van der Waals surface area (Å²) >= 11 is 1.31. The van der Waals surface area contributed by atoms with E-state index in [1.807, 2.05) is 26.0 Å². The molecule has 0 aliphatic rings. The molecule has 2 heterocycles. The zero-order chi connectivity index (χ0) is 18.9. The predicted octanol–water partition coefficient (Wildman–Crippen LogP) is 3.30. The lowest BCUT2D eigenvalue weighted by atomic mass is 10.1. The number of aliphatic hydroxyl groups excluding tert-OH is 1. The lowest BCUT2D eigenvalue weighted by Gasteiger charge is -2.04. The number of aryl methyl sites for hydroxylation is 2.